The lowest BCUT2D eigenvalue weighted by Crippen LogP contribution is -2.30. The molecule has 140 valence electrons. The number of benzene rings is 3. The number of rotatable bonds is 5. The lowest BCUT2D eigenvalue weighted by atomic mass is 10.1. The fourth-order valence-corrected chi connectivity index (χ4v) is 6.48. The third-order valence-corrected chi connectivity index (χ3v) is 7.54. The van der Waals surface area contributed by atoms with Crippen molar-refractivity contribution in [1.82, 2.24) is 5.09 Å². The molecule has 0 aliphatic rings. The first-order valence-corrected chi connectivity index (χ1v) is 11.1. The van der Waals surface area contributed by atoms with Gasteiger partial charge in [0.15, 0.2) is 0 Å². The first-order valence-electron chi connectivity index (χ1n) is 9.38. The van der Waals surface area contributed by atoms with Crippen molar-refractivity contribution in [2.24, 2.45) is 0 Å². The Kier molecular flexibility index (Phi) is 5.69. The van der Waals surface area contributed by atoms with E-state index in [2.05, 4.69) is 88.2 Å². The molecule has 1 atom stereocenters. The van der Waals surface area contributed by atoms with Crippen molar-refractivity contribution in [1.29, 1.82) is 0 Å². The maximum atomic E-state index is 14.5. The van der Waals surface area contributed by atoms with Gasteiger partial charge in [0.25, 0.3) is 0 Å². The number of nitrogens with one attached hydrogen (secondary N) is 1. The zero-order valence-corrected chi connectivity index (χ0v) is 17.7. The van der Waals surface area contributed by atoms with Crippen LogP contribution in [0.15, 0.2) is 66.7 Å². The third kappa shape index (κ3) is 4.40. The van der Waals surface area contributed by atoms with E-state index in [1.165, 1.54) is 0 Å². The minimum absolute atomic E-state index is 0.0290. The highest BCUT2D eigenvalue weighted by Crippen LogP contribution is 2.42. The molecule has 0 aliphatic carbocycles. The van der Waals surface area contributed by atoms with Crippen LogP contribution in [0.5, 0.6) is 0 Å². The SMILES string of the molecule is Cc1cc(C)cc(P(=O)(NC(C)c2ccccc2)c2cc(C)cc(C)c2)c1. The smallest absolute Gasteiger partial charge is 0.205 e. The van der Waals surface area contributed by atoms with E-state index in [0.29, 0.717) is 0 Å². The minimum Gasteiger partial charge on any atom is -0.297 e. The molecular weight excluding hydrogens is 349 g/mol. The highest BCUT2D eigenvalue weighted by Gasteiger charge is 2.30. The van der Waals surface area contributed by atoms with Gasteiger partial charge in [0, 0.05) is 16.7 Å². The van der Waals surface area contributed by atoms with Crippen molar-refractivity contribution in [3.8, 4) is 0 Å². The van der Waals surface area contributed by atoms with E-state index in [-0.39, 0.29) is 6.04 Å². The van der Waals surface area contributed by atoms with Gasteiger partial charge in [-0.3, -0.25) is 9.65 Å². The van der Waals surface area contributed by atoms with E-state index in [1.807, 2.05) is 18.2 Å². The topological polar surface area (TPSA) is 29.1 Å². The van der Waals surface area contributed by atoms with E-state index < -0.39 is 7.29 Å². The Labute approximate surface area is 163 Å². The van der Waals surface area contributed by atoms with Gasteiger partial charge in [0.1, 0.15) is 0 Å². The summed E-state index contributed by atoms with van der Waals surface area (Å²) in [5.74, 6) is 0. The van der Waals surface area contributed by atoms with Gasteiger partial charge in [0.2, 0.25) is 7.29 Å². The molecule has 0 fully saturated rings. The van der Waals surface area contributed by atoms with Crippen LogP contribution in [-0.2, 0) is 4.57 Å². The zero-order valence-electron chi connectivity index (χ0n) is 16.8. The fraction of sp³-hybridized carbons (Fsp3) is 0.250. The minimum atomic E-state index is -3.00. The summed E-state index contributed by atoms with van der Waals surface area (Å²) in [6.07, 6.45) is 0. The number of aryl methyl sites for hydroxylation is 4. The van der Waals surface area contributed by atoms with Crippen molar-refractivity contribution in [3.05, 3.63) is 94.5 Å². The summed E-state index contributed by atoms with van der Waals surface area (Å²) in [5.41, 5.74) is 5.64. The molecule has 1 N–H and O–H groups in total. The van der Waals surface area contributed by atoms with Crippen LogP contribution in [0.1, 0.15) is 40.8 Å². The number of hydrogen-bond donors (Lipinski definition) is 1. The van der Waals surface area contributed by atoms with Crippen LogP contribution in [0, 0.1) is 27.7 Å². The average Bonchev–Trinajstić information content (AvgIpc) is 2.60. The summed E-state index contributed by atoms with van der Waals surface area (Å²) in [6, 6.07) is 22.6. The van der Waals surface area contributed by atoms with E-state index in [0.717, 1.165) is 38.4 Å². The largest absolute Gasteiger partial charge is 0.297 e. The quantitative estimate of drug-likeness (QED) is 0.595. The molecule has 3 aromatic carbocycles. The highest BCUT2D eigenvalue weighted by molar-refractivity contribution is 7.76. The molecule has 0 amide bonds. The van der Waals surface area contributed by atoms with E-state index in [4.69, 9.17) is 0 Å². The normalized spacial score (nSPS) is 12.8. The van der Waals surface area contributed by atoms with Crippen LogP contribution in [-0.4, -0.2) is 0 Å². The van der Waals surface area contributed by atoms with Crippen LogP contribution < -0.4 is 15.7 Å². The molecule has 0 aromatic heterocycles. The maximum absolute atomic E-state index is 14.5. The van der Waals surface area contributed by atoms with Gasteiger partial charge >= 0.3 is 0 Å². The van der Waals surface area contributed by atoms with Crippen molar-refractivity contribution in [2.75, 3.05) is 0 Å². The molecule has 0 spiro atoms. The Hall–Kier alpha value is -2.15. The fourth-order valence-electron chi connectivity index (χ4n) is 3.65. The van der Waals surface area contributed by atoms with Crippen molar-refractivity contribution < 1.29 is 4.57 Å². The monoisotopic (exact) mass is 377 g/mol. The summed E-state index contributed by atoms with van der Waals surface area (Å²) < 4.78 is 14.5. The maximum Gasteiger partial charge on any atom is 0.205 e. The van der Waals surface area contributed by atoms with Gasteiger partial charge in [-0.25, -0.2) is 0 Å². The number of hydrogen-bond acceptors (Lipinski definition) is 1. The zero-order chi connectivity index (χ0) is 19.6. The van der Waals surface area contributed by atoms with Gasteiger partial charge in [-0.2, -0.15) is 0 Å². The van der Waals surface area contributed by atoms with Gasteiger partial charge < -0.3 is 0 Å². The molecule has 27 heavy (non-hydrogen) atoms. The van der Waals surface area contributed by atoms with Crippen molar-refractivity contribution >= 4 is 17.9 Å². The Morgan fingerprint density at radius 2 is 1.11 bits per heavy atom. The van der Waals surface area contributed by atoms with Gasteiger partial charge in [0.05, 0.1) is 0 Å². The molecule has 1 unspecified atom stereocenters. The molecular formula is C24H28NOP. The van der Waals surface area contributed by atoms with Crippen LogP contribution in [0.2, 0.25) is 0 Å². The molecule has 0 bridgehead atoms. The molecule has 3 aromatic rings. The third-order valence-electron chi connectivity index (χ3n) is 4.82. The molecule has 2 nitrogen and oxygen atoms in total. The van der Waals surface area contributed by atoms with Crippen molar-refractivity contribution in [3.63, 3.8) is 0 Å². The van der Waals surface area contributed by atoms with Crippen LogP contribution >= 0.6 is 7.29 Å². The average molecular weight is 377 g/mol. The standard InChI is InChI=1S/C24H28NOP/c1-17-11-18(2)14-23(13-17)27(26,24-15-19(3)12-20(4)16-24)25-21(5)22-9-7-6-8-10-22/h6-16,21H,1-5H3,(H,25,26). The Bertz CT molecular complexity index is 899. The van der Waals surface area contributed by atoms with Gasteiger partial charge in [-0.05, 0) is 64.4 Å². The second-order valence-electron chi connectivity index (χ2n) is 7.56. The summed E-state index contributed by atoms with van der Waals surface area (Å²) in [6.45, 7) is 10.3. The van der Waals surface area contributed by atoms with Crippen LogP contribution in [0.25, 0.3) is 0 Å². The second kappa shape index (κ2) is 7.84. The van der Waals surface area contributed by atoms with Gasteiger partial charge in [-0.1, -0.05) is 64.7 Å². The summed E-state index contributed by atoms with van der Waals surface area (Å²) >= 11 is 0. The van der Waals surface area contributed by atoms with Crippen LogP contribution in [0.3, 0.4) is 0 Å². The Balaban J connectivity index is 2.15. The predicted octanol–water partition coefficient (Wildman–Crippen LogP) is 5.50. The lowest BCUT2D eigenvalue weighted by Gasteiger charge is -2.26. The molecule has 0 saturated carbocycles. The molecule has 0 saturated heterocycles. The molecule has 3 rings (SSSR count). The highest BCUT2D eigenvalue weighted by atomic mass is 31.2. The van der Waals surface area contributed by atoms with Crippen LogP contribution in [0.4, 0.5) is 0 Å². The summed E-state index contributed by atoms with van der Waals surface area (Å²) in [5, 5.41) is 5.24. The Morgan fingerprint density at radius 1 is 0.704 bits per heavy atom. The molecule has 0 radical (unpaired) electrons. The molecule has 3 heteroatoms. The van der Waals surface area contributed by atoms with Crippen molar-refractivity contribution in [2.45, 2.75) is 40.7 Å². The predicted molar refractivity (Wildman–Crippen MR) is 117 cm³/mol. The summed E-state index contributed by atoms with van der Waals surface area (Å²) in [7, 11) is -3.00. The van der Waals surface area contributed by atoms with E-state index in [1.54, 1.807) is 0 Å². The molecule has 0 heterocycles. The lowest BCUT2D eigenvalue weighted by molar-refractivity contribution is 0.568. The second-order valence-corrected chi connectivity index (χ2v) is 10.1. The van der Waals surface area contributed by atoms with E-state index in [9.17, 15) is 4.57 Å². The van der Waals surface area contributed by atoms with Gasteiger partial charge in [-0.15, -0.1) is 0 Å². The molecule has 0 aliphatic heterocycles. The first-order chi connectivity index (χ1) is 12.8. The van der Waals surface area contributed by atoms with E-state index >= 15 is 0 Å². The summed E-state index contributed by atoms with van der Waals surface area (Å²) in [4.78, 5) is 0. The first kappa shape index (κ1) is 19.6. The Morgan fingerprint density at radius 3 is 1.52 bits per heavy atom.